The van der Waals surface area contributed by atoms with E-state index in [9.17, 15) is 0 Å². The fourth-order valence-corrected chi connectivity index (χ4v) is 11.0. The first-order valence-corrected chi connectivity index (χ1v) is 23.1. The van der Waals surface area contributed by atoms with Gasteiger partial charge >= 0.3 is 0 Å². The summed E-state index contributed by atoms with van der Waals surface area (Å²) < 4.78 is 7.15. The van der Waals surface area contributed by atoms with E-state index < -0.39 is 5.41 Å². The first kappa shape index (κ1) is 38.9. The first-order valence-electron chi connectivity index (χ1n) is 23.1. The van der Waals surface area contributed by atoms with Crippen LogP contribution in [0.4, 0.5) is 17.1 Å². The minimum absolute atomic E-state index is 0.720. The summed E-state index contributed by atoms with van der Waals surface area (Å²) in [6.07, 6.45) is 15.1. The quantitative estimate of drug-likeness (QED) is 0.165. The van der Waals surface area contributed by atoms with Crippen LogP contribution in [0.25, 0.3) is 78.1 Å². The maximum Gasteiger partial charge on any atom is 0.159 e. The van der Waals surface area contributed by atoms with Crippen molar-refractivity contribution >= 4 is 17.1 Å². The number of aromatic nitrogens is 5. The normalized spacial score (nSPS) is 14.5. The van der Waals surface area contributed by atoms with Gasteiger partial charge in [-0.1, -0.05) is 97.1 Å². The minimum atomic E-state index is -0.720. The van der Waals surface area contributed by atoms with Crippen LogP contribution >= 0.6 is 0 Å². The van der Waals surface area contributed by atoms with Crippen LogP contribution in [0.1, 0.15) is 22.3 Å². The molecule has 322 valence electrons. The lowest BCUT2D eigenvalue weighted by atomic mass is 9.70. The molecule has 7 nitrogen and oxygen atoms in total. The Kier molecular flexibility index (Phi) is 8.66. The molecule has 0 radical (unpaired) electrons. The van der Waals surface area contributed by atoms with E-state index in [1.54, 1.807) is 0 Å². The number of fused-ring (bicyclic) bond motifs is 13. The van der Waals surface area contributed by atoms with Crippen molar-refractivity contribution in [3.05, 3.63) is 254 Å². The third kappa shape index (κ3) is 5.97. The fourth-order valence-electron chi connectivity index (χ4n) is 11.0. The molecule has 69 heavy (non-hydrogen) atoms. The predicted octanol–water partition coefficient (Wildman–Crippen LogP) is 14.9. The van der Waals surface area contributed by atoms with E-state index in [-0.39, 0.29) is 0 Å². The van der Waals surface area contributed by atoms with Gasteiger partial charge in [0.15, 0.2) is 11.5 Å². The lowest BCUT2D eigenvalue weighted by molar-refractivity contribution is 0.478. The highest BCUT2D eigenvalue weighted by Crippen LogP contribution is 2.66. The highest BCUT2D eigenvalue weighted by Gasteiger charge is 2.54. The minimum Gasteiger partial charge on any atom is -0.452 e. The summed E-state index contributed by atoms with van der Waals surface area (Å²) in [6.45, 7) is 0. The van der Waals surface area contributed by atoms with E-state index in [0.717, 1.165) is 123 Å². The molecular weight excluding hydrogens is 845 g/mol. The third-order valence-electron chi connectivity index (χ3n) is 14.0. The van der Waals surface area contributed by atoms with Crippen LogP contribution in [0.15, 0.2) is 232 Å². The Morgan fingerprint density at radius 1 is 0.362 bits per heavy atom. The van der Waals surface area contributed by atoms with Crippen LogP contribution in [0, 0.1) is 0 Å². The number of para-hydroxylation sites is 2. The molecule has 3 aliphatic rings. The van der Waals surface area contributed by atoms with E-state index in [1.807, 2.05) is 73.8 Å². The van der Waals surface area contributed by atoms with Crippen LogP contribution in [-0.2, 0) is 5.41 Å². The van der Waals surface area contributed by atoms with Gasteiger partial charge in [0.1, 0.15) is 0 Å². The molecule has 2 aliphatic carbocycles. The molecular formula is C62H38N6O. The number of ether oxygens (including phenoxy) is 1. The van der Waals surface area contributed by atoms with Gasteiger partial charge in [0.25, 0.3) is 0 Å². The van der Waals surface area contributed by atoms with Crippen molar-refractivity contribution in [1.82, 2.24) is 24.9 Å². The van der Waals surface area contributed by atoms with Gasteiger partial charge < -0.3 is 9.64 Å². The molecule has 6 heterocycles. The van der Waals surface area contributed by atoms with Gasteiger partial charge in [0.2, 0.25) is 0 Å². The van der Waals surface area contributed by atoms with Gasteiger partial charge in [0.05, 0.1) is 28.2 Å². The summed E-state index contributed by atoms with van der Waals surface area (Å²) in [7, 11) is 0. The van der Waals surface area contributed by atoms with Gasteiger partial charge in [-0.2, -0.15) is 0 Å². The maximum atomic E-state index is 7.15. The topological polar surface area (TPSA) is 76.9 Å². The van der Waals surface area contributed by atoms with Crippen LogP contribution in [-0.4, -0.2) is 24.9 Å². The van der Waals surface area contributed by atoms with Crippen LogP contribution < -0.4 is 9.64 Å². The van der Waals surface area contributed by atoms with Gasteiger partial charge in [-0.05, 0) is 141 Å². The summed E-state index contributed by atoms with van der Waals surface area (Å²) in [5.41, 5.74) is 21.5. The smallest absolute Gasteiger partial charge is 0.159 e. The molecule has 1 aliphatic heterocycles. The highest BCUT2D eigenvalue weighted by atomic mass is 16.5. The summed E-state index contributed by atoms with van der Waals surface area (Å²) in [5, 5.41) is 0. The molecule has 0 bridgehead atoms. The molecule has 0 saturated heterocycles. The van der Waals surface area contributed by atoms with Gasteiger partial charge in [-0.3, -0.25) is 24.9 Å². The van der Waals surface area contributed by atoms with E-state index in [1.165, 1.54) is 5.56 Å². The molecule has 1 atom stereocenters. The summed E-state index contributed by atoms with van der Waals surface area (Å²) in [4.78, 5) is 26.1. The average Bonchev–Trinajstić information content (AvgIpc) is 3.90. The summed E-state index contributed by atoms with van der Waals surface area (Å²) >= 11 is 0. The fraction of sp³-hybridized carbons (Fsp3) is 0.0161. The van der Waals surface area contributed by atoms with E-state index in [0.29, 0.717) is 0 Å². The molecule has 11 aromatic rings. The Hall–Kier alpha value is -9.33. The molecule has 0 amide bonds. The molecule has 5 aromatic heterocycles. The van der Waals surface area contributed by atoms with Crippen molar-refractivity contribution in [1.29, 1.82) is 0 Å². The Balaban J connectivity index is 0.945. The van der Waals surface area contributed by atoms with E-state index in [2.05, 4.69) is 178 Å². The second-order valence-corrected chi connectivity index (χ2v) is 17.7. The monoisotopic (exact) mass is 882 g/mol. The average molecular weight is 883 g/mol. The van der Waals surface area contributed by atoms with E-state index >= 15 is 0 Å². The summed E-state index contributed by atoms with van der Waals surface area (Å²) in [5.74, 6) is 1.61. The van der Waals surface area contributed by atoms with Gasteiger partial charge in [-0.25, -0.2) is 0 Å². The van der Waals surface area contributed by atoms with Crippen LogP contribution in [0.5, 0.6) is 11.5 Å². The van der Waals surface area contributed by atoms with Gasteiger partial charge in [0, 0.05) is 88.6 Å². The number of anilines is 3. The Morgan fingerprint density at radius 3 is 1.68 bits per heavy atom. The zero-order valence-electron chi connectivity index (χ0n) is 37.0. The molecule has 14 rings (SSSR count). The zero-order chi connectivity index (χ0) is 45.5. The molecule has 0 saturated carbocycles. The molecule has 1 unspecified atom stereocenters. The second-order valence-electron chi connectivity index (χ2n) is 17.7. The number of nitrogens with zero attached hydrogens (tertiary/aromatic N) is 6. The van der Waals surface area contributed by atoms with Crippen LogP contribution in [0.3, 0.4) is 0 Å². The second kappa shape index (κ2) is 15.4. The largest absolute Gasteiger partial charge is 0.452 e. The number of rotatable bonds is 6. The molecule has 1 spiro atoms. The maximum absolute atomic E-state index is 7.15. The van der Waals surface area contributed by atoms with Crippen molar-refractivity contribution in [2.75, 3.05) is 4.90 Å². The highest BCUT2D eigenvalue weighted by molar-refractivity contribution is 6.01. The lowest BCUT2D eigenvalue weighted by Crippen LogP contribution is -2.26. The van der Waals surface area contributed by atoms with Gasteiger partial charge in [-0.15, -0.1) is 0 Å². The number of pyridine rings is 5. The van der Waals surface area contributed by atoms with Crippen molar-refractivity contribution in [2.24, 2.45) is 0 Å². The first-order chi connectivity index (χ1) is 34.2. The molecule has 0 fully saturated rings. The Labute approximate surface area is 398 Å². The standard InChI is InChI=1S/C62H38N6O/c1-2-19-51-50(18-1)58-52(23-24-56-61(58)69-57-22-4-3-21-55(57)68(56)49-17-6-13-41(33-49)42-14-7-25-63-35-42)62(51)53-20-10-28-66-59(53)60-54(62)34-48(38-67-60)40-12-5-11-39(29-40)45-30-46(43-15-8-26-64-36-43)32-47(31-45)44-16-9-27-65-37-44/h1-38H. The molecule has 0 N–H and O–H groups in total. The number of hydrogen-bond donors (Lipinski definition) is 0. The lowest BCUT2D eigenvalue weighted by Gasteiger charge is -2.35. The Bertz CT molecular complexity index is 3780. The molecule has 7 heteroatoms. The Morgan fingerprint density at radius 2 is 0.942 bits per heavy atom. The SMILES string of the molecule is c1cncc(-c2cc(-c3cccnc3)cc(-c3cccc(-c4cnc5c(c4)C4(c6ccccc6-c6c4ccc4c6Oc6ccccc6N4c4cccc(-c6cccnc6)c4)c4cccnc4-5)c3)c2)c1. The van der Waals surface area contributed by atoms with Crippen molar-refractivity contribution < 1.29 is 4.74 Å². The summed E-state index contributed by atoms with van der Waals surface area (Å²) in [6, 6.07) is 64.7. The van der Waals surface area contributed by atoms with Crippen molar-refractivity contribution in [3.8, 4) is 89.6 Å². The van der Waals surface area contributed by atoms with Crippen molar-refractivity contribution in [2.45, 2.75) is 5.41 Å². The predicted molar refractivity (Wildman–Crippen MR) is 274 cm³/mol. The van der Waals surface area contributed by atoms with E-state index in [4.69, 9.17) is 14.7 Å². The van der Waals surface area contributed by atoms with Crippen LogP contribution in [0.2, 0.25) is 0 Å². The molecule has 6 aromatic carbocycles. The van der Waals surface area contributed by atoms with Crippen molar-refractivity contribution in [3.63, 3.8) is 0 Å². The zero-order valence-corrected chi connectivity index (χ0v) is 37.0. The third-order valence-corrected chi connectivity index (χ3v) is 14.0. The number of hydrogen-bond acceptors (Lipinski definition) is 7. The number of benzene rings is 6.